The van der Waals surface area contributed by atoms with Crippen LogP contribution in [-0.2, 0) is 38.8 Å². The first-order valence-corrected chi connectivity index (χ1v) is 12.2. The van der Waals surface area contributed by atoms with Crippen molar-refractivity contribution in [3.8, 4) is 0 Å². The van der Waals surface area contributed by atoms with Crippen LogP contribution in [0.3, 0.4) is 0 Å². The summed E-state index contributed by atoms with van der Waals surface area (Å²) < 4.78 is 53.1. The van der Waals surface area contributed by atoms with E-state index < -0.39 is 43.0 Å². The van der Waals surface area contributed by atoms with Gasteiger partial charge >= 0.3 is 0 Å². The summed E-state index contributed by atoms with van der Waals surface area (Å²) in [4.78, 5) is 0. The molecule has 4 rings (SSSR count). The molecule has 8 heteroatoms. The fourth-order valence-electron chi connectivity index (χ4n) is 4.29. The third kappa shape index (κ3) is 7.41. The van der Waals surface area contributed by atoms with Crippen LogP contribution in [0, 0.1) is 0 Å². The Labute approximate surface area is 215 Å². The van der Waals surface area contributed by atoms with E-state index in [1.807, 2.05) is 91.0 Å². The van der Waals surface area contributed by atoms with Crippen LogP contribution in [0.5, 0.6) is 0 Å². The molecule has 0 aliphatic carbocycles. The Morgan fingerprint density at radius 1 is 0.703 bits per heavy atom. The lowest BCUT2D eigenvalue weighted by Gasteiger charge is -2.46. The Balaban J connectivity index is 1.56. The van der Waals surface area contributed by atoms with Crippen molar-refractivity contribution in [2.45, 2.75) is 56.3 Å². The van der Waals surface area contributed by atoms with Gasteiger partial charge < -0.3 is 29.2 Å². The van der Waals surface area contributed by atoms with Gasteiger partial charge in [0, 0.05) is 0 Å². The van der Waals surface area contributed by atoms with Gasteiger partial charge in [-0.05, 0) is 16.7 Å². The SMILES string of the molecule is OCC(F)(F)C1O[C@H](COCc2ccccc2)[C@@H](OCc2ccccc2)[C@H](OCc2ccccc2)C1O. The zero-order valence-electron chi connectivity index (χ0n) is 20.4. The number of halogens is 2. The Morgan fingerprint density at radius 2 is 1.16 bits per heavy atom. The number of benzene rings is 3. The predicted molar refractivity (Wildman–Crippen MR) is 133 cm³/mol. The maximum absolute atomic E-state index is 14.7. The first-order valence-electron chi connectivity index (χ1n) is 12.2. The lowest BCUT2D eigenvalue weighted by Crippen LogP contribution is -2.65. The van der Waals surface area contributed by atoms with Crippen LogP contribution in [0.25, 0.3) is 0 Å². The monoisotopic (exact) mass is 514 g/mol. The van der Waals surface area contributed by atoms with E-state index in [-0.39, 0.29) is 26.4 Å². The molecule has 2 N–H and O–H groups in total. The average molecular weight is 515 g/mol. The van der Waals surface area contributed by atoms with Gasteiger partial charge in [0.25, 0.3) is 5.92 Å². The number of hydrogen-bond donors (Lipinski definition) is 2. The number of alkyl halides is 2. The largest absolute Gasteiger partial charge is 0.390 e. The summed E-state index contributed by atoms with van der Waals surface area (Å²) in [6.45, 7) is -1.09. The van der Waals surface area contributed by atoms with Gasteiger partial charge in [-0.2, -0.15) is 0 Å². The van der Waals surface area contributed by atoms with Gasteiger partial charge in [-0.25, -0.2) is 8.78 Å². The molecule has 0 saturated carbocycles. The van der Waals surface area contributed by atoms with Crippen molar-refractivity contribution in [3.05, 3.63) is 108 Å². The maximum atomic E-state index is 14.7. The van der Waals surface area contributed by atoms with Crippen LogP contribution in [0.2, 0.25) is 0 Å². The molecule has 0 aromatic heterocycles. The average Bonchev–Trinajstić information content (AvgIpc) is 2.93. The summed E-state index contributed by atoms with van der Waals surface area (Å²) in [5, 5.41) is 20.3. The van der Waals surface area contributed by atoms with Gasteiger partial charge in [-0.3, -0.25) is 0 Å². The van der Waals surface area contributed by atoms with Gasteiger partial charge in [0.15, 0.2) is 6.10 Å². The molecule has 198 valence electrons. The van der Waals surface area contributed by atoms with Crippen LogP contribution in [0.15, 0.2) is 91.0 Å². The third-order valence-corrected chi connectivity index (χ3v) is 6.25. The lowest BCUT2D eigenvalue weighted by atomic mass is 9.91. The fraction of sp³-hybridized carbons (Fsp3) is 0.379. The Kier molecular flexibility index (Phi) is 9.74. The molecule has 3 aromatic rings. The first-order chi connectivity index (χ1) is 18.0. The number of hydrogen-bond acceptors (Lipinski definition) is 6. The van der Waals surface area contributed by atoms with E-state index >= 15 is 0 Å². The van der Waals surface area contributed by atoms with Crippen molar-refractivity contribution in [2.75, 3.05) is 13.2 Å². The highest BCUT2D eigenvalue weighted by Gasteiger charge is 2.55. The second kappa shape index (κ2) is 13.2. The van der Waals surface area contributed by atoms with Crippen LogP contribution < -0.4 is 0 Å². The Morgan fingerprint density at radius 3 is 1.65 bits per heavy atom. The molecule has 1 saturated heterocycles. The van der Waals surface area contributed by atoms with Crippen molar-refractivity contribution in [2.24, 2.45) is 0 Å². The van der Waals surface area contributed by atoms with Crippen molar-refractivity contribution in [3.63, 3.8) is 0 Å². The number of aliphatic hydroxyl groups excluding tert-OH is 2. The van der Waals surface area contributed by atoms with E-state index in [2.05, 4.69) is 0 Å². The van der Waals surface area contributed by atoms with Crippen molar-refractivity contribution in [1.82, 2.24) is 0 Å². The van der Waals surface area contributed by atoms with E-state index in [1.165, 1.54) is 0 Å². The molecule has 5 atom stereocenters. The smallest absolute Gasteiger partial charge is 0.298 e. The molecule has 1 heterocycles. The minimum absolute atomic E-state index is 0.0722. The van der Waals surface area contributed by atoms with Crippen LogP contribution in [0.1, 0.15) is 16.7 Å². The highest BCUT2D eigenvalue weighted by Crippen LogP contribution is 2.35. The highest BCUT2D eigenvalue weighted by molar-refractivity contribution is 5.15. The topological polar surface area (TPSA) is 77.4 Å². The predicted octanol–water partition coefficient (Wildman–Crippen LogP) is 4.13. The van der Waals surface area contributed by atoms with Crippen molar-refractivity contribution < 1.29 is 37.9 Å². The second-order valence-corrected chi connectivity index (χ2v) is 9.03. The van der Waals surface area contributed by atoms with E-state index in [0.29, 0.717) is 0 Å². The van der Waals surface area contributed by atoms with E-state index in [4.69, 9.17) is 18.9 Å². The number of ether oxygens (including phenoxy) is 4. The molecule has 6 nitrogen and oxygen atoms in total. The van der Waals surface area contributed by atoms with Crippen LogP contribution in [0.4, 0.5) is 8.78 Å². The molecule has 0 amide bonds. The first kappa shape index (κ1) is 27.3. The molecular weight excluding hydrogens is 482 g/mol. The quantitative estimate of drug-likeness (QED) is 0.379. The molecule has 1 aliphatic heterocycles. The molecule has 1 aliphatic rings. The normalized spacial score (nSPS) is 24.2. The summed E-state index contributed by atoms with van der Waals surface area (Å²) in [6.07, 6.45) is -6.82. The Hall–Kier alpha value is -2.72. The van der Waals surface area contributed by atoms with Gasteiger partial charge in [0.1, 0.15) is 31.0 Å². The lowest BCUT2D eigenvalue weighted by molar-refractivity contribution is -0.304. The molecule has 2 unspecified atom stereocenters. The molecule has 1 fully saturated rings. The Bertz CT molecular complexity index is 1050. The zero-order chi connectivity index (χ0) is 26.1. The molecule has 3 aromatic carbocycles. The minimum Gasteiger partial charge on any atom is -0.390 e. The van der Waals surface area contributed by atoms with Crippen molar-refractivity contribution >= 4 is 0 Å². The zero-order valence-corrected chi connectivity index (χ0v) is 20.4. The van der Waals surface area contributed by atoms with E-state index in [9.17, 15) is 19.0 Å². The van der Waals surface area contributed by atoms with Gasteiger partial charge in [0.05, 0.1) is 26.4 Å². The summed E-state index contributed by atoms with van der Waals surface area (Å²) in [5.74, 6) is -3.70. The second-order valence-electron chi connectivity index (χ2n) is 9.03. The summed E-state index contributed by atoms with van der Waals surface area (Å²) in [7, 11) is 0. The molecule has 0 radical (unpaired) electrons. The standard InChI is InChI=1S/C29H32F2O6/c30-29(31,20-32)28-25(33)27(36-18-23-14-8-3-9-15-23)26(35-17-22-12-6-2-7-13-22)24(37-28)19-34-16-21-10-4-1-5-11-21/h1-15,24-28,32-33H,16-20H2/t24-,25?,26-,27-,28?/m1/s1. The van der Waals surface area contributed by atoms with E-state index in [0.717, 1.165) is 16.7 Å². The maximum Gasteiger partial charge on any atom is 0.298 e. The van der Waals surface area contributed by atoms with Crippen LogP contribution >= 0.6 is 0 Å². The summed E-state index contributed by atoms with van der Waals surface area (Å²) in [6, 6.07) is 28.0. The summed E-state index contributed by atoms with van der Waals surface area (Å²) >= 11 is 0. The van der Waals surface area contributed by atoms with Crippen LogP contribution in [-0.4, -0.2) is 59.9 Å². The number of aliphatic hydroxyl groups is 2. The molecule has 37 heavy (non-hydrogen) atoms. The molecule has 0 spiro atoms. The van der Waals surface area contributed by atoms with Gasteiger partial charge in [0.2, 0.25) is 0 Å². The van der Waals surface area contributed by atoms with Crippen molar-refractivity contribution in [1.29, 1.82) is 0 Å². The molecular formula is C29H32F2O6. The van der Waals surface area contributed by atoms with Gasteiger partial charge in [-0.15, -0.1) is 0 Å². The fourth-order valence-corrected chi connectivity index (χ4v) is 4.29. The summed E-state index contributed by atoms with van der Waals surface area (Å²) in [5.41, 5.74) is 2.59. The van der Waals surface area contributed by atoms with Gasteiger partial charge in [-0.1, -0.05) is 91.0 Å². The third-order valence-electron chi connectivity index (χ3n) is 6.25. The highest BCUT2D eigenvalue weighted by atomic mass is 19.3. The number of rotatable bonds is 12. The minimum atomic E-state index is -3.70. The molecule has 0 bridgehead atoms. The van der Waals surface area contributed by atoms with E-state index in [1.54, 1.807) is 0 Å².